The minimum atomic E-state index is 0.245. The van der Waals surface area contributed by atoms with Crippen LogP contribution in [0.1, 0.15) is 41.5 Å². The Labute approximate surface area is 103 Å². The first-order chi connectivity index (χ1) is 8.10. The van der Waals surface area contributed by atoms with Gasteiger partial charge in [-0.15, -0.1) is 0 Å². The van der Waals surface area contributed by atoms with E-state index < -0.39 is 0 Å². The van der Waals surface area contributed by atoms with Crippen molar-refractivity contribution < 1.29 is 4.79 Å². The maximum absolute atomic E-state index is 12.2. The van der Waals surface area contributed by atoms with E-state index in [0.717, 1.165) is 36.0 Å². The van der Waals surface area contributed by atoms with E-state index in [2.05, 4.69) is 16.8 Å². The number of carbonyl (C=O) groups is 1. The Morgan fingerprint density at radius 2 is 2.18 bits per heavy atom. The predicted molar refractivity (Wildman–Crippen MR) is 69.4 cm³/mol. The molecule has 1 saturated carbocycles. The molecular weight excluding hydrogens is 212 g/mol. The molecule has 94 valence electrons. The number of likely N-dealkylation sites (N-methyl/N-ethyl adjacent to an activating group) is 1. The first-order valence-electron chi connectivity index (χ1n) is 6.52. The summed E-state index contributed by atoms with van der Waals surface area (Å²) in [7, 11) is 0. The lowest BCUT2D eigenvalue weighted by molar-refractivity contribution is 0.0930. The lowest BCUT2D eigenvalue weighted by atomic mass is 10.1. The van der Waals surface area contributed by atoms with Gasteiger partial charge in [-0.3, -0.25) is 9.69 Å². The Bertz CT molecular complexity index is 404. The Morgan fingerprint density at radius 1 is 1.47 bits per heavy atom. The second-order valence-electron chi connectivity index (χ2n) is 5.19. The summed E-state index contributed by atoms with van der Waals surface area (Å²) in [4.78, 5) is 17.6. The highest BCUT2D eigenvalue weighted by atomic mass is 16.1. The normalized spacial score (nSPS) is 15.5. The molecule has 0 saturated heterocycles. The maximum Gasteiger partial charge on any atom is 0.178 e. The van der Waals surface area contributed by atoms with Crippen molar-refractivity contribution in [1.29, 1.82) is 0 Å². The second-order valence-corrected chi connectivity index (χ2v) is 5.19. The number of carbonyl (C=O) groups excluding carboxylic acids is 1. The molecular formula is C14H22N2O. The van der Waals surface area contributed by atoms with Crippen molar-refractivity contribution in [2.75, 3.05) is 19.6 Å². The van der Waals surface area contributed by atoms with Crippen LogP contribution in [0.3, 0.4) is 0 Å². The van der Waals surface area contributed by atoms with Crippen LogP contribution >= 0.6 is 0 Å². The van der Waals surface area contributed by atoms with Crippen LogP contribution in [0.4, 0.5) is 0 Å². The monoisotopic (exact) mass is 234 g/mol. The van der Waals surface area contributed by atoms with Crippen molar-refractivity contribution in [3.63, 3.8) is 0 Å². The summed E-state index contributed by atoms with van der Waals surface area (Å²) in [5, 5.41) is 0. The summed E-state index contributed by atoms with van der Waals surface area (Å²) in [5.41, 5.74) is 2.92. The number of aryl methyl sites for hydroxylation is 2. The van der Waals surface area contributed by atoms with Gasteiger partial charge in [-0.1, -0.05) is 6.92 Å². The molecule has 1 aliphatic rings. The Hall–Kier alpha value is -1.09. The molecule has 0 bridgehead atoms. The molecule has 0 atom stereocenters. The topological polar surface area (TPSA) is 36.1 Å². The molecule has 2 rings (SSSR count). The number of hydrogen-bond donors (Lipinski definition) is 1. The largest absolute Gasteiger partial charge is 0.362 e. The van der Waals surface area contributed by atoms with E-state index in [9.17, 15) is 4.79 Å². The van der Waals surface area contributed by atoms with Crippen molar-refractivity contribution in [3.8, 4) is 0 Å². The fourth-order valence-corrected chi connectivity index (χ4v) is 2.27. The van der Waals surface area contributed by atoms with Crippen LogP contribution in [-0.4, -0.2) is 35.3 Å². The number of Topliss-reactive ketones (excluding diaryl/α,β-unsaturated/α-hetero) is 1. The van der Waals surface area contributed by atoms with E-state index in [1.54, 1.807) is 0 Å². The van der Waals surface area contributed by atoms with Gasteiger partial charge in [0, 0.05) is 23.5 Å². The van der Waals surface area contributed by atoms with E-state index in [0.29, 0.717) is 6.54 Å². The third-order valence-corrected chi connectivity index (χ3v) is 3.48. The molecule has 0 aromatic carbocycles. The molecule has 1 aliphatic carbocycles. The summed E-state index contributed by atoms with van der Waals surface area (Å²) >= 11 is 0. The van der Waals surface area contributed by atoms with Gasteiger partial charge in [0.1, 0.15) is 0 Å². The van der Waals surface area contributed by atoms with E-state index in [1.165, 1.54) is 12.8 Å². The number of ketones is 1. The van der Waals surface area contributed by atoms with Gasteiger partial charge in [-0.05, 0) is 45.2 Å². The lowest BCUT2D eigenvalue weighted by Crippen LogP contribution is -2.31. The van der Waals surface area contributed by atoms with Gasteiger partial charge in [-0.25, -0.2) is 0 Å². The summed E-state index contributed by atoms with van der Waals surface area (Å²) in [6.45, 7) is 8.70. The highest BCUT2D eigenvalue weighted by Gasteiger charge is 2.25. The highest BCUT2D eigenvalue weighted by molar-refractivity contribution is 5.98. The van der Waals surface area contributed by atoms with Gasteiger partial charge in [0.25, 0.3) is 0 Å². The van der Waals surface area contributed by atoms with Crippen LogP contribution in [0.15, 0.2) is 6.07 Å². The van der Waals surface area contributed by atoms with Gasteiger partial charge in [0.15, 0.2) is 5.78 Å². The van der Waals surface area contributed by atoms with Gasteiger partial charge >= 0.3 is 0 Å². The second kappa shape index (κ2) is 5.05. The number of aromatic nitrogens is 1. The van der Waals surface area contributed by atoms with Crippen molar-refractivity contribution in [2.45, 2.75) is 33.6 Å². The molecule has 3 heteroatoms. The maximum atomic E-state index is 12.2. The molecule has 1 fully saturated rings. The Balaban J connectivity index is 1.96. The molecule has 17 heavy (non-hydrogen) atoms. The van der Waals surface area contributed by atoms with Crippen LogP contribution < -0.4 is 0 Å². The van der Waals surface area contributed by atoms with Gasteiger partial charge in [0.05, 0.1) is 6.54 Å². The third kappa shape index (κ3) is 3.19. The molecule has 0 aliphatic heterocycles. The standard InChI is InChI=1S/C14H22N2O/c1-4-16(8-12-5-6-12)9-14(17)13-7-10(2)15-11(13)3/h7,12,15H,4-6,8-9H2,1-3H3. The molecule has 1 aromatic heterocycles. The average Bonchev–Trinajstić information content (AvgIpc) is 3.02. The Morgan fingerprint density at radius 3 is 2.65 bits per heavy atom. The molecule has 0 amide bonds. The van der Waals surface area contributed by atoms with Crippen LogP contribution in [0, 0.1) is 19.8 Å². The SMILES string of the molecule is CCN(CC(=O)c1cc(C)[nH]c1C)CC1CC1. The fraction of sp³-hybridized carbons (Fsp3) is 0.643. The van der Waals surface area contributed by atoms with E-state index >= 15 is 0 Å². The zero-order valence-corrected chi connectivity index (χ0v) is 11.0. The number of nitrogens with zero attached hydrogens (tertiary/aromatic N) is 1. The van der Waals surface area contributed by atoms with Crippen LogP contribution in [0.25, 0.3) is 0 Å². The quantitative estimate of drug-likeness (QED) is 0.768. The van der Waals surface area contributed by atoms with Crippen LogP contribution in [0.5, 0.6) is 0 Å². The zero-order chi connectivity index (χ0) is 12.4. The number of nitrogens with one attached hydrogen (secondary N) is 1. The van der Waals surface area contributed by atoms with Crippen molar-refractivity contribution in [1.82, 2.24) is 9.88 Å². The third-order valence-electron chi connectivity index (χ3n) is 3.48. The van der Waals surface area contributed by atoms with Crippen molar-refractivity contribution >= 4 is 5.78 Å². The van der Waals surface area contributed by atoms with E-state index in [4.69, 9.17) is 0 Å². The molecule has 3 nitrogen and oxygen atoms in total. The number of rotatable bonds is 6. The first kappa shape index (κ1) is 12.4. The number of hydrogen-bond acceptors (Lipinski definition) is 2. The molecule has 1 heterocycles. The summed E-state index contributed by atoms with van der Waals surface area (Å²) in [6.07, 6.45) is 2.68. The van der Waals surface area contributed by atoms with Crippen molar-refractivity contribution in [2.24, 2.45) is 5.92 Å². The summed E-state index contributed by atoms with van der Waals surface area (Å²) in [5.74, 6) is 1.09. The van der Waals surface area contributed by atoms with Gasteiger partial charge in [0.2, 0.25) is 0 Å². The molecule has 1 N–H and O–H groups in total. The first-order valence-corrected chi connectivity index (χ1v) is 6.52. The number of aromatic amines is 1. The minimum Gasteiger partial charge on any atom is -0.362 e. The summed E-state index contributed by atoms with van der Waals surface area (Å²) < 4.78 is 0. The van der Waals surface area contributed by atoms with Gasteiger partial charge in [-0.2, -0.15) is 0 Å². The van der Waals surface area contributed by atoms with E-state index in [1.807, 2.05) is 19.9 Å². The summed E-state index contributed by atoms with van der Waals surface area (Å²) in [6, 6.07) is 1.96. The fourth-order valence-electron chi connectivity index (χ4n) is 2.27. The lowest BCUT2D eigenvalue weighted by Gasteiger charge is -2.18. The molecule has 0 spiro atoms. The molecule has 0 unspecified atom stereocenters. The van der Waals surface area contributed by atoms with Gasteiger partial charge < -0.3 is 4.98 Å². The van der Waals surface area contributed by atoms with Crippen LogP contribution in [-0.2, 0) is 0 Å². The zero-order valence-electron chi connectivity index (χ0n) is 11.0. The predicted octanol–water partition coefficient (Wildman–Crippen LogP) is 2.55. The minimum absolute atomic E-state index is 0.245. The average molecular weight is 234 g/mol. The Kier molecular flexibility index (Phi) is 3.67. The molecule has 1 aromatic rings. The van der Waals surface area contributed by atoms with Crippen LogP contribution in [0.2, 0.25) is 0 Å². The molecule has 0 radical (unpaired) electrons. The highest BCUT2D eigenvalue weighted by Crippen LogP contribution is 2.29. The van der Waals surface area contributed by atoms with Crippen molar-refractivity contribution in [3.05, 3.63) is 23.0 Å². The van der Waals surface area contributed by atoms with E-state index in [-0.39, 0.29) is 5.78 Å². The smallest absolute Gasteiger partial charge is 0.178 e. The number of H-pyrrole nitrogens is 1.